The minimum Gasteiger partial charge on any atom is -0.346 e. The highest BCUT2D eigenvalue weighted by atomic mass is 16.1. The van der Waals surface area contributed by atoms with Crippen LogP contribution in [0.15, 0.2) is 60.7 Å². The van der Waals surface area contributed by atoms with E-state index in [9.17, 15) is 4.79 Å². The summed E-state index contributed by atoms with van der Waals surface area (Å²) in [5, 5.41) is 3.14. The lowest BCUT2D eigenvalue weighted by atomic mass is 9.99. The first-order valence-corrected chi connectivity index (χ1v) is 8.43. The number of fused-ring (bicyclic) bond motifs is 1. The van der Waals surface area contributed by atoms with E-state index >= 15 is 0 Å². The topological polar surface area (TPSA) is 32.3 Å². The number of hydrogen-bond donors (Lipinski definition) is 1. The van der Waals surface area contributed by atoms with Crippen LogP contribution in [0.25, 0.3) is 11.1 Å². The standard InChI is InChI=1S/C21H24N2O/c1-23(2)14-6-9-21(24)22-20-13-12-17-10-11-18(15-19(17)20)16-7-4-3-5-8-16/h3-11,15,20H,12-14H2,1-2H3,(H,22,24)/b9-6+. The number of nitrogens with zero attached hydrogens (tertiary/aromatic N) is 1. The second-order valence-electron chi connectivity index (χ2n) is 6.54. The first-order valence-electron chi connectivity index (χ1n) is 8.43. The maximum atomic E-state index is 12.1. The summed E-state index contributed by atoms with van der Waals surface area (Å²) in [4.78, 5) is 14.2. The number of rotatable bonds is 5. The zero-order chi connectivity index (χ0) is 16.9. The van der Waals surface area contributed by atoms with E-state index in [-0.39, 0.29) is 11.9 Å². The van der Waals surface area contributed by atoms with Gasteiger partial charge in [0.15, 0.2) is 0 Å². The molecule has 2 aromatic carbocycles. The Balaban J connectivity index is 1.74. The average Bonchev–Trinajstić information content (AvgIpc) is 2.97. The molecule has 0 heterocycles. The Kier molecular flexibility index (Phi) is 5.11. The molecule has 1 atom stereocenters. The van der Waals surface area contributed by atoms with Gasteiger partial charge in [-0.05, 0) is 55.3 Å². The van der Waals surface area contributed by atoms with Gasteiger partial charge in [-0.1, -0.05) is 48.5 Å². The molecule has 3 heteroatoms. The van der Waals surface area contributed by atoms with Crippen molar-refractivity contribution in [3.05, 3.63) is 71.8 Å². The Labute approximate surface area is 144 Å². The molecule has 3 rings (SSSR count). The number of amides is 1. The molecular weight excluding hydrogens is 296 g/mol. The van der Waals surface area contributed by atoms with Crippen molar-refractivity contribution in [2.45, 2.75) is 18.9 Å². The van der Waals surface area contributed by atoms with Crippen molar-refractivity contribution >= 4 is 5.91 Å². The number of benzene rings is 2. The van der Waals surface area contributed by atoms with Crippen molar-refractivity contribution in [3.63, 3.8) is 0 Å². The molecule has 0 aliphatic heterocycles. The summed E-state index contributed by atoms with van der Waals surface area (Å²) in [6.45, 7) is 0.771. The minimum absolute atomic E-state index is 0.0141. The number of nitrogens with one attached hydrogen (secondary N) is 1. The highest BCUT2D eigenvalue weighted by molar-refractivity contribution is 5.88. The van der Waals surface area contributed by atoms with Crippen LogP contribution in [0.1, 0.15) is 23.6 Å². The predicted molar refractivity (Wildman–Crippen MR) is 98.8 cm³/mol. The summed E-state index contributed by atoms with van der Waals surface area (Å²) < 4.78 is 0. The molecule has 124 valence electrons. The van der Waals surface area contributed by atoms with E-state index in [0.717, 1.165) is 19.4 Å². The van der Waals surface area contributed by atoms with Crippen LogP contribution in [0.4, 0.5) is 0 Å². The van der Waals surface area contributed by atoms with E-state index in [1.807, 2.05) is 31.1 Å². The Morgan fingerprint density at radius 2 is 1.96 bits per heavy atom. The second-order valence-corrected chi connectivity index (χ2v) is 6.54. The molecule has 24 heavy (non-hydrogen) atoms. The lowest BCUT2D eigenvalue weighted by Crippen LogP contribution is -2.25. The first-order chi connectivity index (χ1) is 11.6. The van der Waals surface area contributed by atoms with Gasteiger partial charge in [0, 0.05) is 12.6 Å². The van der Waals surface area contributed by atoms with Gasteiger partial charge in [0.2, 0.25) is 5.91 Å². The van der Waals surface area contributed by atoms with Crippen LogP contribution in [-0.2, 0) is 11.2 Å². The zero-order valence-electron chi connectivity index (χ0n) is 14.3. The highest BCUT2D eigenvalue weighted by Gasteiger charge is 2.23. The van der Waals surface area contributed by atoms with Crippen molar-refractivity contribution in [1.82, 2.24) is 10.2 Å². The van der Waals surface area contributed by atoms with E-state index in [2.05, 4.69) is 47.8 Å². The molecule has 1 N–H and O–H groups in total. The predicted octanol–water partition coefficient (Wildman–Crippen LogP) is 3.57. The molecule has 1 amide bonds. The molecule has 1 aliphatic rings. The van der Waals surface area contributed by atoms with E-state index in [0.29, 0.717) is 0 Å². The summed E-state index contributed by atoms with van der Waals surface area (Å²) in [5.41, 5.74) is 5.02. The largest absolute Gasteiger partial charge is 0.346 e. The van der Waals surface area contributed by atoms with E-state index in [1.165, 1.54) is 22.3 Å². The summed E-state index contributed by atoms with van der Waals surface area (Å²) in [7, 11) is 3.97. The van der Waals surface area contributed by atoms with Crippen molar-refractivity contribution in [1.29, 1.82) is 0 Å². The quantitative estimate of drug-likeness (QED) is 0.854. The summed E-state index contributed by atoms with van der Waals surface area (Å²) in [5.74, 6) is -0.0141. The van der Waals surface area contributed by atoms with E-state index in [1.54, 1.807) is 6.08 Å². The molecule has 0 radical (unpaired) electrons. The summed E-state index contributed by atoms with van der Waals surface area (Å²) in [6.07, 6.45) is 5.53. The van der Waals surface area contributed by atoms with Crippen LogP contribution in [0.2, 0.25) is 0 Å². The van der Waals surface area contributed by atoms with Gasteiger partial charge in [0.1, 0.15) is 0 Å². The SMILES string of the molecule is CN(C)C/C=C/C(=O)NC1CCc2ccc(-c3ccccc3)cc21. The number of carbonyl (C=O) groups excluding carboxylic acids is 1. The van der Waals surface area contributed by atoms with Crippen LogP contribution in [0.5, 0.6) is 0 Å². The lowest BCUT2D eigenvalue weighted by Gasteiger charge is -2.14. The third-order valence-electron chi connectivity index (χ3n) is 4.39. The normalized spacial score (nSPS) is 16.5. The third kappa shape index (κ3) is 3.92. The van der Waals surface area contributed by atoms with Crippen LogP contribution in [0.3, 0.4) is 0 Å². The lowest BCUT2D eigenvalue weighted by molar-refractivity contribution is -0.117. The van der Waals surface area contributed by atoms with Crippen LogP contribution in [-0.4, -0.2) is 31.4 Å². The molecule has 0 bridgehead atoms. The number of hydrogen-bond acceptors (Lipinski definition) is 2. The number of carbonyl (C=O) groups is 1. The highest BCUT2D eigenvalue weighted by Crippen LogP contribution is 2.34. The smallest absolute Gasteiger partial charge is 0.244 e. The fourth-order valence-corrected chi connectivity index (χ4v) is 3.15. The maximum absolute atomic E-state index is 12.1. The van der Waals surface area contributed by atoms with Gasteiger partial charge in [-0.2, -0.15) is 0 Å². The fourth-order valence-electron chi connectivity index (χ4n) is 3.15. The molecule has 2 aromatic rings. The molecule has 0 spiro atoms. The Hall–Kier alpha value is -2.39. The van der Waals surface area contributed by atoms with Crippen LogP contribution >= 0.6 is 0 Å². The molecule has 0 fully saturated rings. The van der Waals surface area contributed by atoms with Gasteiger partial charge < -0.3 is 10.2 Å². The monoisotopic (exact) mass is 320 g/mol. The van der Waals surface area contributed by atoms with Crippen LogP contribution < -0.4 is 5.32 Å². The molecular formula is C21H24N2O. The van der Waals surface area contributed by atoms with Crippen molar-refractivity contribution < 1.29 is 4.79 Å². The van der Waals surface area contributed by atoms with Crippen molar-refractivity contribution in [3.8, 4) is 11.1 Å². The van der Waals surface area contributed by atoms with Gasteiger partial charge in [0.25, 0.3) is 0 Å². The van der Waals surface area contributed by atoms with Crippen LogP contribution in [0, 0.1) is 0 Å². The Morgan fingerprint density at radius 1 is 1.17 bits per heavy atom. The second kappa shape index (κ2) is 7.45. The van der Waals surface area contributed by atoms with Gasteiger partial charge in [-0.15, -0.1) is 0 Å². The molecule has 0 aromatic heterocycles. The molecule has 0 saturated heterocycles. The number of aryl methyl sites for hydroxylation is 1. The van der Waals surface area contributed by atoms with Gasteiger partial charge in [-0.25, -0.2) is 0 Å². The van der Waals surface area contributed by atoms with Crippen molar-refractivity contribution in [2.24, 2.45) is 0 Å². The van der Waals surface area contributed by atoms with E-state index < -0.39 is 0 Å². The van der Waals surface area contributed by atoms with Gasteiger partial charge >= 0.3 is 0 Å². The first kappa shape index (κ1) is 16.5. The summed E-state index contributed by atoms with van der Waals surface area (Å²) >= 11 is 0. The van der Waals surface area contributed by atoms with Crippen molar-refractivity contribution in [2.75, 3.05) is 20.6 Å². The summed E-state index contributed by atoms with van der Waals surface area (Å²) in [6, 6.07) is 17.1. The Bertz CT molecular complexity index is 735. The Morgan fingerprint density at radius 3 is 2.71 bits per heavy atom. The third-order valence-corrected chi connectivity index (χ3v) is 4.39. The molecule has 1 aliphatic carbocycles. The van der Waals surface area contributed by atoms with Gasteiger partial charge in [-0.3, -0.25) is 4.79 Å². The molecule has 1 unspecified atom stereocenters. The number of likely N-dealkylation sites (N-methyl/N-ethyl adjacent to an activating group) is 1. The van der Waals surface area contributed by atoms with Gasteiger partial charge in [0.05, 0.1) is 6.04 Å². The zero-order valence-corrected chi connectivity index (χ0v) is 14.3. The molecule has 0 saturated carbocycles. The van der Waals surface area contributed by atoms with E-state index in [4.69, 9.17) is 0 Å². The minimum atomic E-state index is -0.0141. The average molecular weight is 320 g/mol. The fraction of sp³-hybridized carbons (Fsp3) is 0.286. The molecule has 3 nitrogen and oxygen atoms in total. The maximum Gasteiger partial charge on any atom is 0.244 e.